The molecule has 104 valence electrons. The number of aromatic carboxylic acids is 1. The third-order valence-corrected chi connectivity index (χ3v) is 3.10. The zero-order chi connectivity index (χ0) is 14.9. The standard InChI is InChI=1S/C15H17N3O2/c1-8-3-4-9(2)13(5-8)18-14-11(16)6-10(15(19)20)7-12(14)17/h3-7,18H,16-17H2,1-2H3,(H,19,20). The number of carboxylic acids is 1. The summed E-state index contributed by atoms with van der Waals surface area (Å²) in [4.78, 5) is 10.9. The lowest BCUT2D eigenvalue weighted by molar-refractivity contribution is 0.0697. The van der Waals surface area contributed by atoms with Gasteiger partial charge in [0, 0.05) is 5.69 Å². The molecule has 0 radical (unpaired) electrons. The Balaban J connectivity index is 2.44. The molecule has 0 spiro atoms. The van der Waals surface area contributed by atoms with Crippen molar-refractivity contribution in [3.05, 3.63) is 47.0 Å². The quantitative estimate of drug-likeness (QED) is 0.643. The van der Waals surface area contributed by atoms with E-state index >= 15 is 0 Å². The number of anilines is 4. The van der Waals surface area contributed by atoms with Crippen molar-refractivity contribution in [3.63, 3.8) is 0 Å². The molecule has 0 saturated heterocycles. The molecular formula is C15H17N3O2. The summed E-state index contributed by atoms with van der Waals surface area (Å²) >= 11 is 0. The molecular weight excluding hydrogens is 254 g/mol. The van der Waals surface area contributed by atoms with Gasteiger partial charge in [0.25, 0.3) is 0 Å². The molecule has 0 atom stereocenters. The minimum Gasteiger partial charge on any atom is -0.478 e. The Morgan fingerprint density at radius 2 is 1.70 bits per heavy atom. The van der Waals surface area contributed by atoms with Crippen molar-refractivity contribution in [1.29, 1.82) is 0 Å². The average molecular weight is 271 g/mol. The van der Waals surface area contributed by atoms with E-state index in [1.165, 1.54) is 12.1 Å². The van der Waals surface area contributed by atoms with Crippen LogP contribution in [0.2, 0.25) is 0 Å². The lowest BCUT2D eigenvalue weighted by Crippen LogP contribution is -2.06. The molecule has 20 heavy (non-hydrogen) atoms. The SMILES string of the molecule is Cc1ccc(C)c(Nc2c(N)cc(C(=O)O)cc2N)c1. The van der Waals surface area contributed by atoms with Crippen LogP contribution in [-0.2, 0) is 0 Å². The molecule has 0 aliphatic heterocycles. The van der Waals surface area contributed by atoms with Gasteiger partial charge in [-0.1, -0.05) is 12.1 Å². The fourth-order valence-electron chi connectivity index (χ4n) is 1.96. The molecule has 0 aliphatic rings. The molecule has 0 aliphatic carbocycles. The lowest BCUT2D eigenvalue weighted by Gasteiger charge is -2.15. The van der Waals surface area contributed by atoms with E-state index in [2.05, 4.69) is 5.32 Å². The van der Waals surface area contributed by atoms with E-state index in [1.807, 2.05) is 32.0 Å². The van der Waals surface area contributed by atoms with Crippen LogP contribution in [0.3, 0.4) is 0 Å². The van der Waals surface area contributed by atoms with Crippen LogP contribution in [0.5, 0.6) is 0 Å². The van der Waals surface area contributed by atoms with E-state index in [0.717, 1.165) is 16.8 Å². The van der Waals surface area contributed by atoms with Crippen LogP contribution in [0.1, 0.15) is 21.5 Å². The van der Waals surface area contributed by atoms with Crippen LogP contribution in [0.15, 0.2) is 30.3 Å². The predicted molar refractivity (Wildman–Crippen MR) is 81.4 cm³/mol. The summed E-state index contributed by atoms with van der Waals surface area (Å²) in [5, 5.41) is 12.1. The van der Waals surface area contributed by atoms with Crippen molar-refractivity contribution in [2.45, 2.75) is 13.8 Å². The van der Waals surface area contributed by atoms with Crippen molar-refractivity contribution < 1.29 is 9.90 Å². The second kappa shape index (κ2) is 5.13. The summed E-state index contributed by atoms with van der Waals surface area (Å²) < 4.78 is 0. The monoisotopic (exact) mass is 271 g/mol. The number of benzene rings is 2. The zero-order valence-corrected chi connectivity index (χ0v) is 11.4. The third kappa shape index (κ3) is 2.66. The van der Waals surface area contributed by atoms with Gasteiger partial charge in [0.2, 0.25) is 0 Å². The van der Waals surface area contributed by atoms with Gasteiger partial charge in [-0.2, -0.15) is 0 Å². The molecule has 6 N–H and O–H groups in total. The first kappa shape index (κ1) is 13.7. The zero-order valence-electron chi connectivity index (χ0n) is 11.4. The molecule has 2 aromatic rings. The van der Waals surface area contributed by atoms with Gasteiger partial charge in [0.1, 0.15) is 0 Å². The molecule has 0 amide bonds. The highest BCUT2D eigenvalue weighted by molar-refractivity contribution is 5.95. The largest absolute Gasteiger partial charge is 0.478 e. The van der Waals surface area contributed by atoms with E-state index in [4.69, 9.17) is 16.6 Å². The number of nitrogens with one attached hydrogen (secondary N) is 1. The Morgan fingerprint density at radius 1 is 1.10 bits per heavy atom. The van der Waals surface area contributed by atoms with Crippen LogP contribution >= 0.6 is 0 Å². The smallest absolute Gasteiger partial charge is 0.335 e. The number of rotatable bonds is 3. The summed E-state index contributed by atoms with van der Waals surface area (Å²) in [7, 11) is 0. The van der Waals surface area contributed by atoms with Gasteiger partial charge in [0.05, 0.1) is 22.6 Å². The van der Waals surface area contributed by atoms with Crippen LogP contribution in [0.25, 0.3) is 0 Å². The van der Waals surface area contributed by atoms with Gasteiger partial charge in [-0.3, -0.25) is 0 Å². The van der Waals surface area contributed by atoms with Gasteiger partial charge in [-0.25, -0.2) is 4.79 Å². The van der Waals surface area contributed by atoms with E-state index < -0.39 is 5.97 Å². The summed E-state index contributed by atoms with van der Waals surface area (Å²) in [6.45, 7) is 3.96. The number of aryl methyl sites for hydroxylation is 2. The van der Waals surface area contributed by atoms with E-state index in [-0.39, 0.29) is 5.56 Å². The van der Waals surface area contributed by atoms with Gasteiger partial charge in [-0.05, 0) is 43.2 Å². The van der Waals surface area contributed by atoms with Gasteiger partial charge in [-0.15, -0.1) is 0 Å². The molecule has 0 saturated carbocycles. The van der Waals surface area contributed by atoms with Gasteiger partial charge >= 0.3 is 5.97 Å². The first-order valence-corrected chi connectivity index (χ1v) is 6.15. The number of nitrogens with two attached hydrogens (primary N) is 2. The Labute approximate surface area is 117 Å². The van der Waals surface area contributed by atoms with E-state index in [9.17, 15) is 4.79 Å². The van der Waals surface area contributed by atoms with Crippen molar-refractivity contribution >= 4 is 28.7 Å². The molecule has 5 nitrogen and oxygen atoms in total. The summed E-state index contributed by atoms with van der Waals surface area (Å²) in [6.07, 6.45) is 0. The summed E-state index contributed by atoms with van der Waals surface area (Å²) in [6, 6.07) is 8.79. The first-order valence-electron chi connectivity index (χ1n) is 6.15. The van der Waals surface area contributed by atoms with Crippen molar-refractivity contribution in [3.8, 4) is 0 Å². The molecule has 2 aromatic carbocycles. The van der Waals surface area contributed by atoms with Crippen LogP contribution in [-0.4, -0.2) is 11.1 Å². The fraction of sp³-hybridized carbons (Fsp3) is 0.133. The third-order valence-electron chi connectivity index (χ3n) is 3.10. The topological polar surface area (TPSA) is 101 Å². The maximum Gasteiger partial charge on any atom is 0.335 e. The molecule has 0 fully saturated rings. The number of carbonyl (C=O) groups is 1. The minimum absolute atomic E-state index is 0.0755. The lowest BCUT2D eigenvalue weighted by atomic mass is 10.1. The van der Waals surface area contributed by atoms with Crippen molar-refractivity contribution in [2.75, 3.05) is 16.8 Å². The van der Waals surface area contributed by atoms with Crippen LogP contribution in [0, 0.1) is 13.8 Å². The van der Waals surface area contributed by atoms with Crippen LogP contribution in [0.4, 0.5) is 22.7 Å². The molecule has 5 heteroatoms. The Hall–Kier alpha value is -2.69. The highest BCUT2D eigenvalue weighted by atomic mass is 16.4. The number of nitrogen functional groups attached to an aromatic ring is 2. The normalized spacial score (nSPS) is 10.3. The minimum atomic E-state index is -1.05. The second-order valence-electron chi connectivity index (χ2n) is 4.78. The van der Waals surface area contributed by atoms with Crippen molar-refractivity contribution in [2.24, 2.45) is 0 Å². The predicted octanol–water partition coefficient (Wildman–Crippen LogP) is 2.91. The fourth-order valence-corrected chi connectivity index (χ4v) is 1.96. The maximum atomic E-state index is 10.9. The van der Waals surface area contributed by atoms with E-state index in [0.29, 0.717) is 17.1 Å². The number of carboxylic acid groups (broad SMARTS) is 1. The number of hydrogen-bond donors (Lipinski definition) is 4. The highest BCUT2D eigenvalue weighted by Gasteiger charge is 2.12. The number of hydrogen-bond acceptors (Lipinski definition) is 4. The first-order chi connectivity index (χ1) is 9.38. The summed E-state index contributed by atoms with van der Waals surface area (Å²) in [5.74, 6) is -1.05. The van der Waals surface area contributed by atoms with Crippen molar-refractivity contribution in [1.82, 2.24) is 0 Å². The Morgan fingerprint density at radius 3 is 2.25 bits per heavy atom. The van der Waals surface area contributed by atoms with Crippen LogP contribution < -0.4 is 16.8 Å². The van der Waals surface area contributed by atoms with Gasteiger partial charge < -0.3 is 21.9 Å². The molecule has 2 rings (SSSR count). The molecule has 0 bridgehead atoms. The Bertz CT molecular complexity index is 658. The average Bonchev–Trinajstić information content (AvgIpc) is 2.37. The van der Waals surface area contributed by atoms with Gasteiger partial charge in [0.15, 0.2) is 0 Å². The molecule has 0 aromatic heterocycles. The second-order valence-corrected chi connectivity index (χ2v) is 4.78. The maximum absolute atomic E-state index is 10.9. The highest BCUT2D eigenvalue weighted by Crippen LogP contribution is 2.32. The molecule has 0 heterocycles. The van der Waals surface area contributed by atoms with E-state index in [1.54, 1.807) is 0 Å². The Kier molecular flexibility index (Phi) is 3.52. The molecule has 0 unspecified atom stereocenters. The summed E-state index contributed by atoms with van der Waals surface area (Å²) in [5.41, 5.74) is 16.1.